The van der Waals surface area contributed by atoms with Crippen LogP contribution in [0.5, 0.6) is 0 Å². The average molecular weight is 284 g/mol. The molecule has 1 aromatic carbocycles. The molecule has 1 aromatic heterocycles. The third kappa shape index (κ3) is 3.53. The van der Waals surface area contributed by atoms with E-state index in [1.165, 1.54) is 31.1 Å². The highest BCUT2D eigenvalue weighted by atomic mass is 16.5. The van der Waals surface area contributed by atoms with Crippen molar-refractivity contribution in [3.63, 3.8) is 0 Å². The Bertz CT molecular complexity index is 584. The van der Waals surface area contributed by atoms with Gasteiger partial charge < -0.3 is 9.64 Å². The standard InChI is InChI=1S/C18H24N2O/c1-21-13-5-7-15-6-4-12-20(14-15)18-11-10-16-8-2-3-9-17(16)19-18/h2-3,8-11,15H,4-7,12-14H2,1H3/t15-/m0/s1. The minimum atomic E-state index is 0.780. The average Bonchev–Trinajstić information content (AvgIpc) is 2.55. The molecule has 21 heavy (non-hydrogen) atoms. The summed E-state index contributed by atoms with van der Waals surface area (Å²) < 4.78 is 5.17. The van der Waals surface area contributed by atoms with E-state index in [1.54, 1.807) is 7.11 Å². The molecule has 1 fully saturated rings. The predicted octanol–water partition coefficient (Wildman–Crippen LogP) is 3.88. The summed E-state index contributed by atoms with van der Waals surface area (Å²) in [6.07, 6.45) is 5.04. The van der Waals surface area contributed by atoms with E-state index >= 15 is 0 Å². The number of benzene rings is 1. The fourth-order valence-electron chi connectivity index (χ4n) is 3.26. The van der Waals surface area contributed by atoms with Crippen LogP contribution in [0, 0.1) is 5.92 Å². The van der Waals surface area contributed by atoms with E-state index in [9.17, 15) is 0 Å². The number of methoxy groups -OCH3 is 1. The zero-order valence-electron chi connectivity index (χ0n) is 12.8. The maximum absolute atomic E-state index is 5.17. The molecule has 2 heterocycles. The molecule has 3 rings (SSSR count). The van der Waals surface area contributed by atoms with Crippen LogP contribution in [0.4, 0.5) is 5.82 Å². The molecule has 3 heteroatoms. The molecule has 0 radical (unpaired) electrons. The predicted molar refractivity (Wildman–Crippen MR) is 87.8 cm³/mol. The summed E-state index contributed by atoms with van der Waals surface area (Å²) in [6.45, 7) is 3.14. The zero-order valence-corrected chi connectivity index (χ0v) is 12.8. The number of nitrogens with zero attached hydrogens (tertiary/aromatic N) is 2. The Morgan fingerprint density at radius 1 is 1.24 bits per heavy atom. The van der Waals surface area contributed by atoms with Gasteiger partial charge in [-0.3, -0.25) is 0 Å². The fourth-order valence-corrected chi connectivity index (χ4v) is 3.26. The first kappa shape index (κ1) is 14.3. The van der Waals surface area contributed by atoms with Gasteiger partial charge in [0.2, 0.25) is 0 Å². The van der Waals surface area contributed by atoms with E-state index in [4.69, 9.17) is 9.72 Å². The van der Waals surface area contributed by atoms with Crippen molar-refractivity contribution in [1.29, 1.82) is 0 Å². The van der Waals surface area contributed by atoms with Crippen molar-refractivity contribution >= 4 is 16.7 Å². The number of piperidine rings is 1. The number of fused-ring (bicyclic) bond motifs is 1. The number of anilines is 1. The minimum Gasteiger partial charge on any atom is -0.385 e. The first-order valence-electron chi connectivity index (χ1n) is 7.96. The molecule has 0 bridgehead atoms. The van der Waals surface area contributed by atoms with Crippen molar-refractivity contribution < 1.29 is 4.74 Å². The van der Waals surface area contributed by atoms with Crippen LogP contribution in [0.15, 0.2) is 36.4 Å². The van der Waals surface area contributed by atoms with Gasteiger partial charge in [0.15, 0.2) is 0 Å². The third-order valence-electron chi connectivity index (χ3n) is 4.39. The van der Waals surface area contributed by atoms with Crippen molar-refractivity contribution in [3.05, 3.63) is 36.4 Å². The first-order chi connectivity index (χ1) is 10.4. The third-order valence-corrected chi connectivity index (χ3v) is 4.39. The molecule has 112 valence electrons. The van der Waals surface area contributed by atoms with Crippen LogP contribution in [-0.4, -0.2) is 31.8 Å². The number of para-hydroxylation sites is 1. The SMILES string of the molecule is COCCC[C@@H]1CCCN(c2ccc3ccccc3n2)C1. The van der Waals surface area contributed by atoms with Gasteiger partial charge in [0.25, 0.3) is 0 Å². The molecule has 1 aliphatic heterocycles. The Hall–Kier alpha value is -1.61. The molecule has 1 saturated heterocycles. The second kappa shape index (κ2) is 6.90. The molecular formula is C18H24N2O. The van der Waals surface area contributed by atoms with Gasteiger partial charge in [0.1, 0.15) is 5.82 Å². The number of ether oxygens (including phenoxy) is 1. The topological polar surface area (TPSA) is 25.4 Å². The van der Waals surface area contributed by atoms with E-state index < -0.39 is 0 Å². The minimum absolute atomic E-state index is 0.780. The maximum Gasteiger partial charge on any atom is 0.129 e. The number of rotatable bonds is 5. The van der Waals surface area contributed by atoms with Crippen molar-refractivity contribution in [3.8, 4) is 0 Å². The van der Waals surface area contributed by atoms with Crippen LogP contribution < -0.4 is 4.90 Å². The lowest BCUT2D eigenvalue weighted by Crippen LogP contribution is -2.36. The lowest BCUT2D eigenvalue weighted by Gasteiger charge is -2.33. The molecule has 0 amide bonds. The molecule has 0 spiro atoms. The molecule has 0 N–H and O–H groups in total. The number of hydrogen-bond donors (Lipinski definition) is 0. The van der Waals surface area contributed by atoms with Gasteiger partial charge in [-0.1, -0.05) is 18.2 Å². The highest BCUT2D eigenvalue weighted by molar-refractivity contribution is 5.80. The molecule has 2 aromatic rings. The van der Waals surface area contributed by atoms with Crippen LogP contribution in [-0.2, 0) is 4.74 Å². The van der Waals surface area contributed by atoms with E-state index in [-0.39, 0.29) is 0 Å². The molecule has 3 nitrogen and oxygen atoms in total. The summed E-state index contributed by atoms with van der Waals surface area (Å²) in [5.74, 6) is 1.91. The van der Waals surface area contributed by atoms with Gasteiger partial charge in [-0.15, -0.1) is 0 Å². The summed E-state index contributed by atoms with van der Waals surface area (Å²) in [5, 5.41) is 1.22. The van der Waals surface area contributed by atoms with Crippen LogP contribution in [0.1, 0.15) is 25.7 Å². The van der Waals surface area contributed by atoms with Crippen LogP contribution >= 0.6 is 0 Å². The summed E-state index contributed by atoms with van der Waals surface area (Å²) in [4.78, 5) is 7.28. The van der Waals surface area contributed by atoms with E-state index in [2.05, 4.69) is 41.3 Å². The normalized spacial score (nSPS) is 19.1. The Kier molecular flexibility index (Phi) is 4.71. The molecule has 0 saturated carbocycles. The van der Waals surface area contributed by atoms with Crippen LogP contribution in [0.25, 0.3) is 10.9 Å². The van der Waals surface area contributed by atoms with Gasteiger partial charge in [0.05, 0.1) is 5.52 Å². The Labute approximate surface area is 126 Å². The zero-order chi connectivity index (χ0) is 14.5. The monoisotopic (exact) mass is 284 g/mol. The van der Waals surface area contributed by atoms with Gasteiger partial charge in [-0.2, -0.15) is 0 Å². The van der Waals surface area contributed by atoms with Gasteiger partial charge in [0, 0.05) is 32.2 Å². The first-order valence-corrected chi connectivity index (χ1v) is 7.96. The highest BCUT2D eigenvalue weighted by Crippen LogP contribution is 2.26. The van der Waals surface area contributed by atoms with Gasteiger partial charge in [-0.05, 0) is 49.8 Å². The fraction of sp³-hybridized carbons (Fsp3) is 0.500. The van der Waals surface area contributed by atoms with Crippen molar-refractivity contribution in [2.45, 2.75) is 25.7 Å². The molecular weight excluding hydrogens is 260 g/mol. The summed E-state index contributed by atoms with van der Waals surface area (Å²) in [5.41, 5.74) is 1.09. The Balaban J connectivity index is 1.69. The molecule has 0 aliphatic carbocycles. The molecule has 0 unspecified atom stereocenters. The highest BCUT2D eigenvalue weighted by Gasteiger charge is 2.20. The second-order valence-electron chi connectivity index (χ2n) is 5.95. The quantitative estimate of drug-likeness (QED) is 0.779. The van der Waals surface area contributed by atoms with E-state index in [0.29, 0.717) is 0 Å². The summed E-state index contributed by atoms with van der Waals surface area (Å²) >= 11 is 0. The Morgan fingerprint density at radius 2 is 2.14 bits per heavy atom. The lowest BCUT2D eigenvalue weighted by molar-refractivity contribution is 0.184. The second-order valence-corrected chi connectivity index (χ2v) is 5.95. The number of pyridine rings is 1. The van der Waals surface area contributed by atoms with E-state index in [1.807, 2.05) is 0 Å². The van der Waals surface area contributed by atoms with Crippen LogP contribution in [0.2, 0.25) is 0 Å². The maximum atomic E-state index is 5.17. The smallest absolute Gasteiger partial charge is 0.129 e. The van der Waals surface area contributed by atoms with Crippen molar-refractivity contribution in [2.75, 3.05) is 31.7 Å². The van der Waals surface area contributed by atoms with Crippen molar-refractivity contribution in [1.82, 2.24) is 4.98 Å². The summed E-state index contributed by atoms with van der Waals surface area (Å²) in [7, 11) is 1.78. The van der Waals surface area contributed by atoms with Gasteiger partial charge in [-0.25, -0.2) is 4.98 Å². The number of aromatic nitrogens is 1. The largest absolute Gasteiger partial charge is 0.385 e. The van der Waals surface area contributed by atoms with E-state index in [0.717, 1.165) is 36.9 Å². The van der Waals surface area contributed by atoms with Crippen molar-refractivity contribution in [2.24, 2.45) is 5.92 Å². The Morgan fingerprint density at radius 3 is 3.05 bits per heavy atom. The molecule has 1 atom stereocenters. The molecule has 1 aliphatic rings. The number of hydrogen-bond acceptors (Lipinski definition) is 3. The lowest BCUT2D eigenvalue weighted by atomic mass is 9.93. The van der Waals surface area contributed by atoms with Crippen LogP contribution in [0.3, 0.4) is 0 Å². The van der Waals surface area contributed by atoms with Gasteiger partial charge >= 0.3 is 0 Å². The summed E-state index contributed by atoms with van der Waals surface area (Å²) in [6, 6.07) is 12.7.